The molecule has 4 heterocycles. The Morgan fingerprint density at radius 1 is 1.07 bits per heavy atom. The fourth-order valence-corrected chi connectivity index (χ4v) is 5.97. The zero-order valence-electron chi connectivity index (χ0n) is 15.6. The summed E-state index contributed by atoms with van der Waals surface area (Å²) in [5.74, 6) is 4.38. The zero-order valence-corrected chi connectivity index (χ0v) is 17.2. The van der Waals surface area contributed by atoms with Gasteiger partial charge < -0.3 is 0 Å². The second kappa shape index (κ2) is 7.11. The second-order valence-electron chi connectivity index (χ2n) is 7.37. The van der Waals surface area contributed by atoms with Crippen molar-refractivity contribution in [3.8, 4) is 11.4 Å². The van der Waals surface area contributed by atoms with Gasteiger partial charge in [-0.1, -0.05) is 30.0 Å². The van der Waals surface area contributed by atoms with Crippen LogP contribution in [0.15, 0.2) is 59.0 Å². The Kier molecular flexibility index (Phi) is 4.27. The summed E-state index contributed by atoms with van der Waals surface area (Å²) in [6.45, 7) is 0. The fourth-order valence-electron chi connectivity index (χ4n) is 3.64. The summed E-state index contributed by atoms with van der Waals surface area (Å²) in [5, 5.41) is 12.0. The Hall–Kier alpha value is -2.45. The average Bonchev–Trinajstić information content (AvgIpc) is 3.42. The normalized spacial score (nSPS) is 18.3. The van der Waals surface area contributed by atoms with Gasteiger partial charge in [-0.2, -0.15) is 0 Å². The number of thioether (sulfide) groups is 2. The van der Waals surface area contributed by atoms with Gasteiger partial charge in [0, 0.05) is 40.8 Å². The number of rotatable bonds is 5. The number of fused-ring (bicyclic) bond motifs is 2. The van der Waals surface area contributed by atoms with E-state index in [0.29, 0.717) is 12.0 Å². The molecule has 0 bridgehead atoms. The molecule has 6 nitrogen and oxygen atoms in total. The maximum Gasteiger partial charge on any atom is 0.191 e. The van der Waals surface area contributed by atoms with Crippen molar-refractivity contribution in [3.05, 3.63) is 54.6 Å². The first kappa shape index (κ1) is 17.4. The SMILES string of the molecule is c1cncc(-c2nnc3n2C(CSc2nc(C4CC4)nc4ccccc24)CS3)c1. The lowest BCUT2D eigenvalue weighted by atomic mass is 10.2. The van der Waals surface area contributed by atoms with E-state index in [4.69, 9.17) is 9.97 Å². The van der Waals surface area contributed by atoms with Crippen LogP contribution in [0.1, 0.15) is 30.6 Å². The van der Waals surface area contributed by atoms with Gasteiger partial charge in [0.25, 0.3) is 0 Å². The molecule has 1 unspecified atom stereocenters. The summed E-state index contributed by atoms with van der Waals surface area (Å²) < 4.78 is 2.26. The summed E-state index contributed by atoms with van der Waals surface area (Å²) in [6.07, 6.45) is 6.05. The number of hydrogen-bond donors (Lipinski definition) is 0. The van der Waals surface area contributed by atoms with Crippen LogP contribution in [0.5, 0.6) is 0 Å². The molecule has 0 radical (unpaired) electrons. The molecule has 0 N–H and O–H groups in total. The third-order valence-corrected chi connectivity index (χ3v) is 7.52. The number of aromatic nitrogens is 6. The molecule has 0 spiro atoms. The first-order valence-corrected chi connectivity index (χ1v) is 11.7. The van der Waals surface area contributed by atoms with Crippen molar-refractivity contribution < 1.29 is 0 Å². The lowest BCUT2D eigenvalue weighted by Gasteiger charge is -2.15. The first-order chi connectivity index (χ1) is 14.4. The second-order valence-corrected chi connectivity index (χ2v) is 9.37. The maximum atomic E-state index is 4.94. The monoisotopic (exact) mass is 418 g/mol. The van der Waals surface area contributed by atoms with Crippen LogP contribution in [0.25, 0.3) is 22.3 Å². The lowest BCUT2D eigenvalue weighted by molar-refractivity contribution is 0.597. The average molecular weight is 419 g/mol. The van der Waals surface area contributed by atoms with E-state index in [0.717, 1.165) is 49.8 Å². The first-order valence-electron chi connectivity index (χ1n) is 9.74. The Morgan fingerprint density at radius 3 is 2.86 bits per heavy atom. The quantitative estimate of drug-likeness (QED) is 0.346. The van der Waals surface area contributed by atoms with Crippen LogP contribution in [0.2, 0.25) is 0 Å². The molecule has 144 valence electrons. The smallest absolute Gasteiger partial charge is 0.191 e. The highest BCUT2D eigenvalue weighted by molar-refractivity contribution is 8.00. The van der Waals surface area contributed by atoms with E-state index >= 15 is 0 Å². The molecule has 4 aromatic rings. The van der Waals surface area contributed by atoms with Crippen LogP contribution in [0.4, 0.5) is 0 Å². The van der Waals surface area contributed by atoms with E-state index in [1.54, 1.807) is 18.0 Å². The van der Waals surface area contributed by atoms with Crippen LogP contribution < -0.4 is 0 Å². The number of nitrogens with zero attached hydrogens (tertiary/aromatic N) is 6. The molecule has 0 saturated heterocycles. The standard InChI is InChI=1S/C21H18N6S2/c1-2-6-17-16(5-1)20(24-18(23-17)13-7-8-13)28-11-15-12-29-21-26-25-19(27(15)21)14-4-3-9-22-10-14/h1-6,9-10,13,15H,7-8,11-12H2. The van der Waals surface area contributed by atoms with Gasteiger partial charge in [-0.15, -0.1) is 22.0 Å². The van der Waals surface area contributed by atoms with Crippen LogP contribution in [0.3, 0.4) is 0 Å². The van der Waals surface area contributed by atoms with Gasteiger partial charge in [-0.05, 0) is 31.0 Å². The summed E-state index contributed by atoms with van der Waals surface area (Å²) in [6, 6.07) is 12.6. The molecule has 1 aliphatic heterocycles. The molecular weight excluding hydrogens is 400 g/mol. The molecule has 1 fully saturated rings. The van der Waals surface area contributed by atoms with Gasteiger partial charge >= 0.3 is 0 Å². The molecule has 1 saturated carbocycles. The van der Waals surface area contributed by atoms with Gasteiger partial charge in [-0.3, -0.25) is 9.55 Å². The highest BCUT2D eigenvalue weighted by atomic mass is 32.2. The fraction of sp³-hybridized carbons (Fsp3) is 0.286. The van der Waals surface area contributed by atoms with Crippen molar-refractivity contribution in [2.45, 2.75) is 35.0 Å². The van der Waals surface area contributed by atoms with Crippen molar-refractivity contribution in [1.29, 1.82) is 0 Å². The van der Waals surface area contributed by atoms with Crippen LogP contribution in [-0.2, 0) is 0 Å². The van der Waals surface area contributed by atoms with Crippen molar-refractivity contribution in [3.63, 3.8) is 0 Å². The van der Waals surface area contributed by atoms with E-state index < -0.39 is 0 Å². The Labute approximate surface area is 176 Å². The molecule has 3 aromatic heterocycles. The third kappa shape index (κ3) is 3.20. The topological polar surface area (TPSA) is 69.4 Å². The van der Waals surface area contributed by atoms with Crippen molar-refractivity contribution >= 4 is 34.4 Å². The molecule has 1 atom stereocenters. The maximum absolute atomic E-state index is 4.94. The predicted molar refractivity (Wildman–Crippen MR) is 115 cm³/mol. The van der Waals surface area contributed by atoms with Gasteiger partial charge in [0.2, 0.25) is 0 Å². The van der Waals surface area contributed by atoms with Crippen molar-refractivity contribution in [1.82, 2.24) is 29.7 Å². The molecular formula is C21H18N6S2. The van der Waals surface area contributed by atoms with Gasteiger partial charge in [0.05, 0.1) is 11.6 Å². The van der Waals surface area contributed by atoms with Gasteiger partial charge in [-0.25, -0.2) is 9.97 Å². The number of benzene rings is 1. The molecule has 29 heavy (non-hydrogen) atoms. The Morgan fingerprint density at radius 2 is 2.00 bits per heavy atom. The minimum Gasteiger partial charge on any atom is -0.297 e. The Balaban J connectivity index is 1.31. The minimum absolute atomic E-state index is 0.323. The highest BCUT2D eigenvalue weighted by Crippen LogP contribution is 2.42. The number of para-hydroxylation sites is 1. The summed E-state index contributed by atoms with van der Waals surface area (Å²) in [5.41, 5.74) is 2.06. The van der Waals surface area contributed by atoms with E-state index in [1.807, 2.05) is 30.1 Å². The largest absolute Gasteiger partial charge is 0.297 e. The molecule has 0 amide bonds. The van der Waals surface area contributed by atoms with Crippen LogP contribution in [-0.4, -0.2) is 41.2 Å². The van der Waals surface area contributed by atoms with Crippen molar-refractivity contribution in [2.75, 3.05) is 11.5 Å². The van der Waals surface area contributed by atoms with E-state index in [-0.39, 0.29) is 0 Å². The molecule has 1 aromatic carbocycles. The summed E-state index contributed by atoms with van der Waals surface area (Å²) in [4.78, 5) is 14.0. The summed E-state index contributed by atoms with van der Waals surface area (Å²) >= 11 is 3.59. The molecule has 6 rings (SSSR count). The summed E-state index contributed by atoms with van der Waals surface area (Å²) in [7, 11) is 0. The molecule has 1 aliphatic carbocycles. The third-order valence-electron chi connectivity index (χ3n) is 5.29. The van der Waals surface area contributed by atoms with E-state index in [1.165, 1.54) is 12.8 Å². The molecule has 2 aliphatic rings. The van der Waals surface area contributed by atoms with Gasteiger partial charge in [0.15, 0.2) is 11.0 Å². The van der Waals surface area contributed by atoms with Crippen molar-refractivity contribution in [2.24, 2.45) is 0 Å². The van der Waals surface area contributed by atoms with E-state index in [9.17, 15) is 0 Å². The van der Waals surface area contributed by atoms with Crippen LogP contribution in [0, 0.1) is 0 Å². The number of hydrogen-bond acceptors (Lipinski definition) is 7. The molecule has 8 heteroatoms. The van der Waals surface area contributed by atoms with Crippen LogP contribution >= 0.6 is 23.5 Å². The predicted octanol–water partition coefficient (Wildman–Crippen LogP) is 4.60. The lowest BCUT2D eigenvalue weighted by Crippen LogP contribution is -2.11. The van der Waals surface area contributed by atoms with Gasteiger partial charge in [0.1, 0.15) is 10.9 Å². The Bertz CT molecular complexity index is 1190. The number of pyridine rings is 1. The zero-order chi connectivity index (χ0) is 19.2. The minimum atomic E-state index is 0.323. The van der Waals surface area contributed by atoms with E-state index in [2.05, 4.69) is 44.0 Å². The highest BCUT2D eigenvalue weighted by Gasteiger charge is 2.30.